The zero-order valence-electron chi connectivity index (χ0n) is 11.2. The quantitative estimate of drug-likeness (QED) is 0.565. The molecule has 0 N–H and O–H groups in total. The van der Waals surface area contributed by atoms with Gasteiger partial charge < -0.3 is 9.30 Å². The standard InChI is InChI=1S/C13H22N2O2/c1-5-7-8-17-13(16)11(4)15-9-10(3)14-12(15)6-2/h9,11H,5-8H2,1-4H3. The van der Waals surface area contributed by atoms with E-state index in [1.165, 1.54) is 0 Å². The lowest BCUT2D eigenvalue weighted by Crippen LogP contribution is -2.20. The second-order valence-electron chi connectivity index (χ2n) is 4.26. The Morgan fingerprint density at radius 3 is 2.82 bits per heavy atom. The van der Waals surface area contributed by atoms with Gasteiger partial charge in [0, 0.05) is 12.6 Å². The highest BCUT2D eigenvalue weighted by atomic mass is 16.5. The molecule has 0 radical (unpaired) electrons. The van der Waals surface area contributed by atoms with Crippen molar-refractivity contribution in [2.45, 2.75) is 53.0 Å². The number of aryl methyl sites for hydroxylation is 2. The Bertz CT molecular complexity index is 371. The number of hydrogen-bond acceptors (Lipinski definition) is 3. The smallest absolute Gasteiger partial charge is 0.328 e. The third kappa shape index (κ3) is 3.58. The van der Waals surface area contributed by atoms with E-state index >= 15 is 0 Å². The molecule has 1 aromatic rings. The molecule has 0 amide bonds. The molecule has 0 aliphatic carbocycles. The lowest BCUT2D eigenvalue weighted by Gasteiger charge is -2.14. The molecule has 0 aliphatic rings. The summed E-state index contributed by atoms with van der Waals surface area (Å²) in [4.78, 5) is 16.2. The third-order valence-electron chi connectivity index (χ3n) is 2.75. The Labute approximate surface area is 103 Å². The van der Waals surface area contributed by atoms with Crippen molar-refractivity contribution in [1.29, 1.82) is 0 Å². The van der Waals surface area contributed by atoms with Crippen molar-refractivity contribution in [2.24, 2.45) is 0 Å². The number of nitrogens with zero attached hydrogens (tertiary/aromatic N) is 2. The summed E-state index contributed by atoms with van der Waals surface area (Å²) in [7, 11) is 0. The summed E-state index contributed by atoms with van der Waals surface area (Å²) in [5.41, 5.74) is 0.940. The highest BCUT2D eigenvalue weighted by Crippen LogP contribution is 2.14. The molecule has 1 unspecified atom stereocenters. The number of hydrogen-bond donors (Lipinski definition) is 0. The fourth-order valence-electron chi connectivity index (χ4n) is 1.71. The zero-order valence-corrected chi connectivity index (χ0v) is 11.2. The molecule has 0 saturated heterocycles. The molecular weight excluding hydrogens is 216 g/mol. The molecule has 0 fully saturated rings. The van der Waals surface area contributed by atoms with Crippen LogP contribution in [0.1, 0.15) is 51.2 Å². The summed E-state index contributed by atoms with van der Waals surface area (Å²) in [6, 6.07) is -0.289. The van der Waals surface area contributed by atoms with Gasteiger partial charge in [-0.25, -0.2) is 9.78 Å². The summed E-state index contributed by atoms with van der Waals surface area (Å²) < 4.78 is 7.13. The van der Waals surface area contributed by atoms with E-state index < -0.39 is 0 Å². The first-order valence-electron chi connectivity index (χ1n) is 6.31. The minimum Gasteiger partial charge on any atom is -0.464 e. The zero-order chi connectivity index (χ0) is 12.8. The Morgan fingerprint density at radius 2 is 2.24 bits per heavy atom. The predicted octanol–water partition coefficient (Wildman–Crippen LogP) is 2.66. The maximum Gasteiger partial charge on any atom is 0.328 e. The Morgan fingerprint density at radius 1 is 1.53 bits per heavy atom. The number of aromatic nitrogens is 2. The van der Waals surface area contributed by atoms with Gasteiger partial charge in [-0.2, -0.15) is 0 Å². The molecule has 1 heterocycles. The minimum absolute atomic E-state index is 0.175. The van der Waals surface area contributed by atoms with Gasteiger partial charge in [0.2, 0.25) is 0 Å². The number of rotatable bonds is 6. The topological polar surface area (TPSA) is 44.1 Å². The molecule has 4 heteroatoms. The van der Waals surface area contributed by atoms with E-state index in [9.17, 15) is 4.79 Å². The lowest BCUT2D eigenvalue weighted by atomic mass is 10.3. The summed E-state index contributed by atoms with van der Waals surface area (Å²) in [6.07, 6.45) is 4.68. The number of ether oxygens (including phenoxy) is 1. The van der Waals surface area contributed by atoms with Crippen molar-refractivity contribution in [2.75, 3.05) is 6.61 Å². The van der Waals surface area contributed by atoms with Crippen LogP contribution >= 0.6 is 0 Å². The summed E-state index contributed by atoms with van der Waals surface area (Å²) in [5, 5.41) is 0. The molecule has 0 spiro atoms. The van der Waals surface area contributed by atoms with Crippen molar-refractivity contribution in [3.05, 3.63) is 17.7 Å². The van der Waals surface area contributed by atoms with Crippen molar-refractivity contribution in [3.8, 4) is 0 Å². The van der Waals surface area contributed by atoms with Gasteiger partial charge in [-0.1, -0.05) is 20.3 Å². The van der Waals surface area contributed by atoms with E-state index in [-0.39, 0.29) is 12.0 Å². The molecule has 0 bridgehead atoms. The molecule has 0 aromatic carbocycles. The monoisotopic (exact) mass is 238 g/mol. The number of esters is 1. The molecule has 1 atom stereocenters. The molecule has 1 aromatic heterocycles. The van der Waals surface area contributed by atoms with Crippen LogP contribution < -0.4 is 0 Å². The Balaban J connectivity index is 2.67. The minimum atomic E-state index is -0.289. The van der Waals surface area contributed by atoms with Crippen molar-refractivity contribution in [3.63, 3.8) is 0 Å². The van der Waals surface area contributed by atoms with Gasteiger partial charge in [-0.15, -0.1) is 0 Å². The first-order chi connectivity index (χ1) is 8.10. The molecular formula is C13H22N2O2. The SMILES string of the molecule is CCCCOC(=O)C(C)n1cc(C)nc1CC. The average Bonchev–Trinajstić information content (AvgIpc) is 2.69. The van der Waals surface area contributed by atoms with Gasteiger partial charge in [0.05, 0.1) is 12.3 Å². The Kier molecular flexibility index (Phi) is 5.19. The molecule has 1 rings (SSSR count). The number of unbranched alkanes of at least 4 members (excludes halogenated alkanes) is 1. The van der Waals surface area contributed by atoms with Crippen LogP contribution in [-0.4, -0.2) is 22.1 Å². The molecule has 4 nitrogen and oxygen atoms in total. The summed E-state index contributed by atoms with van der Waals surface area (Å²) in [5.74, 6) is 0.757. The summed E-state index contributed by atoms with van der Waals surface area (Å²) >= 11 is 0. The number of carbonyl (C=O) groups is 1. The average molecular weight is 238 g/mol. The van der Waals surface area contributed by atoms with Gasteiger partial charge in [0.15, 0.2) is 0 Å². The predicted molar refractivity (Wildman–Crippen MR) is 66.9 cm³/mol. The number of carbonyl (C=O) groups excluding carboxylic acids is 1. The van der Waals surface area contributed by atoms with Crippen LogP contribution in [0.4, 0.5) is 0 Å². The van der Waals surface area contributed by atoms with E-state index in [4.69, 9.17) is 4.74 Å². The van der Waals surface area contributed by atoms with Gasteiger partial charge in [-0.05, 0) is 20.3 Å². The second-order valence-corrected chi connectivity index (χ2v) is 4.26. The van der Waals surface area contributed by atoms with Crippen LogP contribution in [0, 0.1) is 6.92 Å². The lowest BCUT2D eigenvalue weighted by molar-refractivity contribution is -0.147. The molecule has 96 valence electrons. The van der Waals surface area contributed by atoms with Crippen LogP contribution in [0.15, 0.2) is 6.20 Å². The van der Waals surface area contributed by atoms with Gasteiger partial charge in [-0.3, -0.25) is 0 Å². The first kappa shape index (κ1) is 13.7. The van der Waals surface area contributed by atoms with Crippen molar-refractivity contribution < 1.29 is 9.53 Å². The van der Waals surface area contributed by atoms with Gasteiger partial charge >= 0.3 is 5.97 Å². The van der Waals surface area contributed by atoms with Crippen molar-refractivity contribution >= 4 is 5.97 Å². The van der Waals surface area contributed by atoms with Crippen LogP contribution in [0.3, 0.4) is 0 Å². The molecule has 0 aliphatic heterocycles. The first-order valence-corrected chi connectivity index (χ1v) is 6.31. The second kappa shape index (κ2) is 6.42. The van der Waals surface area contributed by atoms with Gasteiger partial charge in [0.1, 0.15) is 11.9 Å². The van der Waals surface area contributed by atoms with Crippen LogP contribution in [0.25, 0.3) is 0 Å². The van der Waals surface area contributed by atoms with Crippen LogP contribution in [0.2, 0.25) is 0 Å². The highest BCUT2D eigenvalue weighted by molar-refractivity contribution is 5.73. The van der Waals surface area contributed by atoms with E-state index in [0.29, 0.717) is 6.61 Å². The van der Waals surface area contributed by atoms with Crippen molar-refractivity contribution in [1.82, 2.24) is 9.55 Å². The maximum atomic E-state index is 11.8. The largest absolute Gasteiger partial charge is 0.464 e. The van der Waals surface area contributed by atoms with E-state index in [1.54, 1.807) is 0 Å². The van der Waals surface area contributed by atoms with E-state index in [2.05, 4.69) is 11.9 Å². The fraction of sp³-hybridized carbons (Fsp3) is 0.692. The molecule has 17 heavy (non-hydrogen) atoms. The van der Waals surface area contributed by atoms with Crippen LogP contribution in [0.5, 0.6) is 0 Å². The van der Waals surface area contributed by atoms with Gasteiger partial charge in [0.25, 0.3) is 0 Å². The fourth-order valence-corrected chi connectivity index (χ4v) is 1.71. The maximum absolute atomic E-state index is 11.8. The third-order valence-corrected chi connectivity index (χ3v) is 2.75. The summed E-state index contributed by atoms with van der Waals surface area (Å²) in [6.45, 7) is 8.41. The molecule has 0 saturated carbocycles. The van der Waals surface area contributed by atoms with Crippen LogP contribution in [-0.2, 0) is 16.0 Å². The highest BCUT2D eigenvalue weighted by Gasteiger charge is 2.19. The Hall–Kier alpha value is -1.32. The van der Waals surface area contributed by atoms with E-state index in [1.807, 2.05) is 31.5 Å². The normalized spacial score (nSPS) is 12.5. The van der Waals surface area contributed by atoms with E-state index in [0.717, 1.165) is 30.8 Å². The number of imidazole rings is 1.